The molecule has 0 atom stereocenters. The molecule has 2 aromatic rings. The van der Waals surface area contributed by atoms with Gasteiger partial charge in [0.2, 0.25) is 5.95 Å². The summed E-state index contributed by atoms with van der Waals surface area (Å²) in [5.74, 6) is 1.93. The molecule has 3 rings (SSSR count). The highest BCUT2D eigenvalue weighted by atomic mass is 35.5. The van der Waals surface area contributed by atoms with Gasteiger partial charge in [0.25, 0.3) is 0 Å². The van der Waals surface area contributed by atoms with Gasteiger partial charge in [0, 0.05) is 25.7 Å². The van der Waals surface area contributed by atoms with Crippen LogP contribution in [0, 0.1) is 0 Å². The number of anilines is 1. The molecule has 0 aliphatic carbocycles. The summed E-state index contributed by atoms with van der Waals surface area (Å²) in [6.45, 7) is 5.02. The fraction of sp³-hybridized carbons (Fsp3) is 0.444. The molecule has 1 saturated heterocycles. The van der Waals surface area contributed by atoms with E-state index in [-0.39, 0.29) is 6.61 Å². The number of nitrogens with zero attached hydrogens (tertiary/aromatic N) is 4. The Balaban J connectivity index is 1.77. The van der Waals surface area contributed by atoms with Gasteiger partial charge in [-0.05, 0) is 30.2 Å². The molecule has 140 valence electrons. The number of morpholine rings is 1. The van der Waals surface area contributed by atoms with Crippen molar-refractivity contribution in [1.29, 1.82) is 0 Å². The van der Waals surface area contributed by atoms with Crippen molar-refractivity contribution in [1.82, 2.24) is 14.8 Å². The average Bonchev–Trinajstić information content (AvgIpc) is 3.05. The van der Waals surface area contributed by atoms with Crippen molar-refractivity contribution in [3.05, 3.63) is 35.1 Å². The molecule has 0 spiro atoms. The predicted octanol–water partition coefficient (Wildman–Crippen LogP) is 3.61. The predicted molar refractivity (Wildman–Crippen MR) is 99.5 cm³/mol. The van der Waals surface area contributed by atoms with Crippen LogP contribution in [0.25, 0.3) is 11.4 Å². The zero-order valence-electron chi connectivity index (χ0n) is 14.9. The van der Waals surface area contributed by atoms with E-state index in [1.165, 1.54) is 0 Å². The summed E-state index contributed by atoms with van der Waals surface area (Å²) in [5.41, 5.74) is 1.32. The first-order valence-electron chi connectivity index (χ1n) is 8.57. The third-order valence-electron chi connectivity index (χ3n) is 4.25. The lowest BCUT2D eigenvalue weighted by atomic mass is 10.2. The van der Waals surface area contributed by atoms with Crippen molar-refractivity contribution in [2.45, 2.75) is 13.3 Å². The highest BCUT2D eigenvalue weighted by Crippen LogP contribution is 2.30. The normalized spacial score (nSPS) is 15.4. The number of halogens is 2. The van der Waals surface area contributed by atoms with E-state index in [1.807, 2.05) is 20.0 Å². The van der Waals surface area contributed by atoms with Crippen molar-refractivity contribution in [2.75, 3.05) is 37.8 Å². The molecule has 2 heterocycles. The van der Waals surface area contributed by atoms with Gasteiger partial charge in [-0.15, -0.1) is 5.10 Å². The maximum Gasteiger partial charge on any atom is 0.224 e. The molecule has 0 amide bonds. The molecule has 1 aromatic heterocycles. The minimum atomic E-state index is 0.200. The molecule has 1 aliphatic heterocycles. The highest BCUT2D eigenvalue weighted by molar-refractivity contribution is 6.33. The van der Waals surface area contributed by atoms with Crippen LogP contribution in [-0.2, 0) is 11.8 Å². The Hall–Kier alpha value is -2.12. The lowest BCUT2D eigenvalue weighted by molar-refractivity contribution is 0.121. The number of aromatic nitrogens is 3. The summed E-state index contributed by atoms with van der Waals surface area (Å²) in [4.78, 5) is 6.77. The molecule has 0 bridgehead atoms. The molecule has 6 nitrogen and oxygen atoms in total. The number of ether oxygens (including phenoxy) is 2. The van der Waals surface area contributed by atoms with Gasteiger partial charge in [-0.3, -0.25) is 0 Å². The SMILES string of the molecule is CC/C(=C\F)COc1ccc(-c2nc(N3CCOCC3)n(C)n2)c(Cl)c1. The summed E-state index contributed by atoms with van der Waals surface area (Å²) < 4.78 is 25.3. The second kappa shape index (κ2) is 8.51. The first kappa shape index (κ1) is 18.7. The van der Waals surface area contributed by atoms with E-state index >= 15 is 0 Å². The first-order valence-corrected chi connectivity index (χ1v) is 8.94. The van der Waals surface area contributed by atoms with Crippen LogP contribution in [0.3, 0.4) is 0 Å². The zero-order chi connectivity index (χ0) is 18.5. The van der Waals surface area contributed by atoms with Crippen LogP contribution in [-0.4, -0.2) is 47.7 Å². The van der Waals surface area contributed by atoms with Gasteiger partial charge in [-0.2, -0.15) is 4.98 Å². The quantitative estimate of drug-likeness (QED) is 0.766. The smallest absolute Gasteiger partial charge is 0.224 e. The number of hydrogen-bond donors (Lipinski definition) is 0. The van der Waals surface area contributed by atoms with Crippen molar-refractivity contribution in [2.24, 2.45) is 7.05 Å². The Kier molecular flexibility index (Phi) is 6.11. The third kappa shape index (κ3) is 4.16. The van der Waals surface area contributed by atoms with Crippen LogP contribution < -0.4 is 9.64 Å². The second-order valence-corrected chi connectivity index (χ2v) is 6.42. The maximum absolute atomic E-state index is 12.6. The van der Waals surface area contributed by atoms with Crippen LogP contribution in [0.15, 0.2) is 30.1 Å². The maximum atomic E-state index is 12.6. The van der Waals surface area contributed by atoms with Crippen LogP contribution in [0.4, 0.5) is 10.3 Å². The molecule has 8 heteroatoms. The Labute approximate surface area is 157 Å². The number of hydrogen-bond acceptors (Lipinski definition) is 5. The Morgan fingerprint density at radius 1 is 1.38 bits per heavy atom. The van der Waals surface area contributed by atoms with Gasteiger partial charge in [-0.25, -0.2) is 9.07 Å². The van der Waals surface area contributed by atoms with Gasteiger partial charge in [0.15, 0.2) is 5.82 Å². The summed E-state index contributed by atoms with van der Waals surface area (Å²) in [5, 5.41) is 4.98. The molecular weight excluding hydrogens is 359 g/mol. The molecule has 0 saturated carbocycles. The standard InChI is InChI=1S/C18H22ClFN4O2/c1-3-13(11-20)12-26-14-4-5-15(16(19)10-14)17-21-18(23(2)22-17)24-6-8-25-9-7-24/h4-5,10-11H,3,6-9,12H2,1-2H3/b13-11+. The molecule has 1 aromatic carbocycles. The molecule has 0 unspecified atom stereocenters. The monoisotopic (exact) mass is 380 g/mol. The molecule has 26 heavy (non-hydrogen) atoms. The van der Waals surface area contributed by atoms with Crippen LogP contribution in [0.5, 0.6) is 5.75 Å². The fourth-order valence-corrected chi connectivity index (χ4v) is 2.94. The van der Waals surface area contributed by atoms with Gasteiger partial charge >= 0.3 is 0 Å². The Morgan fingerprint density at radius 3 is 2.81 bits per heavy atom. The Morgan fingerprint density at radius 2 is 2.15 bits per heavy atom. The number of benzene rings is 1. The van der Waals surface area contributed by atoms with Crippen molar-refractivity contribution >= 4 is 17.5 Å². The molecule has 0 N–H and O–H groups in total. The Bertz CT molecular complexity index is 787. The minimum absolute atomic E-state index is 0.200. The zero-order valence-corrected chi connectivity index (χ0v) is 15.7. The van der Waals surface area contributed by atoms with Gasteiger partial charge in [-0.1, -0.05) is 18.5 Å². The first-order chi connectivity index (χ1) is 12.6. The van der Waals surface area contributed by atoms with Crippen LogP contribution in [0.2, 0.25) is 5.02 Å². The largest absolute Gasteiger partial charge is 0.489 e. The van der Waals surface area contributed by atoms with E-state index in [1.54, 1.807) is 16.8 Å². The van der Waals surface area contributed by atoms with E-state index in [0.29, 0.717) is 48.1 Å². The van der Waals surface area contributed by atoms with Crippen molar-refractivity contribution < 1.29 is 13.9 Å². The average molecular weight is 381 g/mol. The van der Waals surface area contributed by atoms with Crippen LogP contribution in [0.1, 0.15) is 13.3 Å². The molecule has 1 aliphatic rings. The summed E-state index contributed by atoms with van der Waals surface area (Å²) >= 11 is 6.40. The van der Waals surface area contributed by atoms with E-state index < -0.39 is 0 Å². The lowest BCUT2D eigenvalue weighted by Crippen LogP contribution is -2.37. The topological polar surface area (TPSA) is 52.4 Å². The van der Waals surface area contributed by atoms with Gasteiger partial charge in [0.05, 0.1) is 24.6 Å². The summed E-state index contributed by atoms with van der Waals surface area (Å²) in [7, 11) is 1.86. The van der Waals surface area contributed by atoms with E-state index in [2.05, 4.69) is 15.0 Å². The lowest BCUT2D eigenvalue weighted by Gasteiger charge is -2.26. The fourth-order valence-electron chi connectivity index (χ4n) is 2.68. The highest BCUT2D eigenvalue weighted by Gasteiger charge is 2.19. The third-order valence-corrected chi connectivity index (χ3v) is 4.56. The summed E-state index contributed by atoms with van der Waals surface area (Å²) in [6.07, 6.45) is 1.19. The van der Waals surface area contributed by atoms with E-state index in [9.17, 15) is 4.39 Å². The van der Waals surface area contributed by atoms with Crippen LogP contribution >= 0.6 is 11.6 Å². The number of rotatable bonds is 6. The second-order valence-electron chi connectivity index (χ2n) is 6.01. The van der Waals surface area contributed by atoms with E-state index in [4.69, 9.17) is 21.1 Å². The van der Waals surface area contributed by atoms with E-state index in [0.717, 1.165) is 24.6 Å². The van der Waals surface area contributed by atoms with Gasteiger partial charge < -0.3 is 14.4 Å². The molecule has 0 radical (unpaired) electrons. The molecule has 1 fully saturated rings. The number of aryl methyl sites for hydroxylation is 1. The van der Waals surface area contributed by atoms with Crippen molar-refractivity contribution in [3.8, 4) is 17.1 Å². The minimum Gasteiger partial charge on any atom is -0.489 e. The molecular formula is C18H22ClFN4O2. The van der Waals surface area contributed by atoms with Crippen molar-refractivity contribution in [3.63, 3.8) is 0 Å². The summed E-state index contributed by atoms with van der Waals surface area (Å²) in [6, 6.07) is 5.31. The van der Waals surface area contributed by atoms with Gasteiger partial charge in [0.1, 0.15) is 12.4 Å².